The van der Waals surface area contributed by atoms with E-state index in [9.17, 15) is 9.90 Å². The van der Waals surface area contributed by atoms with E-state index in [1.165, 1.54) is 0 Å². The molecule has 134 valence electrons. The van der Waals surface area contributed by atoms with Gasteiger partial charge in [0.25, 0.3) is 5.91 Å². The van der Waals surface area contributed by atoms with Crippen LogP contribution >= 0.6 is 0 Å². The highest BCUT2D eigenvalue weighted by Crippen LogP contribution is 2.13. The van der Waals surface area contributed by atoms with Crippen LogP contribution in [0.2, 0.25) is 0 Å². The Bertz CT molecular complexity index is 684. The molecule has 0 radical (unpaired) electrons. The maximum atomic E-state index is 12.3. The van der Waals surface area contributed by atoms with E-state index in [0.29, 0.717) is 30.9 Å². The van der Waals surface area contributed by atoms with Gasteiger partial charge in [-0.1, -0.05) is 19.1 Å². The summed E-state index contributed by atoms with van der Waals surface area (Å²) in [5.41, 5.74) is 2.47. The van der Waals surface area contributed by atoms with Gasteiger partial charge in [0.05, 0.1) is 12.3 Å². The first-order valence-corrected chi connectivity index (χ1v) is 8.54. The second-order valence-electron chi connectivity index (χ2n) is 6.52. The molecular formula is C20H26N2O3. The lowest BCUT2D eigenvalue weighted by molar-refractivity contribution is 0.0939. The predicted octanol–water partition coefficient (Wildman–Crippen LogP) is 3.11. The largest absolute Gasteiger partial charge is 0.487 e. The monoisotopic (exact) mass is 342 g/mol. The van der Waals surface area contributed by atoms with Gasteiger partial charge in [-0.05, 0) is 56.0 Å². The van der Waals surface area contributed by atoms with E-state index >= 15 is 0 Å². The Morgan fingerprint density at radius 1 is 1.28 bits per heavy atom. The zero-order valence-electron chi connectivity index (χ0n) is 15.0. The molecule has 1 aromatic carbocycles. The zero-order chi connectivity index (χ0) is 18.2. The maximum absolute atomic E-state index is 12.3. The van der Waals surface area contributed by atoms with Crippen LogP contribution in [0.1, 0.15) is 41.9 Å². The number of aromatic nitrogens is 1. The van der Waals surface area contributed by atoms with E-state index in [-0.39, 0.29) is 17.9 Å². The van der Waals surface area contributed by atoms with Gasteiger partial charge in [-0.25, -0.2) is 0 Å². The summed E-state index contributed by atoms with van der Waals surface area (Å²) in [6.45, 7) is 6.61. The summed E-state index contributed by atoms with van der Waals surface area (Å²) >= 11 is 0. The van der Waals surface area contributed by atoms with E-state index in [0.717, 1.165) is 11.3 Å². The summed E-state index contributed by atoms with van der Waals surface area (Å²) in [5.74, 6) is 0.813. The van der Waals surface area contributed by atoms with Crippen LogP contribution < -0.4 is 10.1 Å². The maximum Gasteiger partial charge on any atom is 0.251 e. The highest BCUT2D eigenvalue weighted by Gasteiger charge is 2.10. The third-order valence-corrected chi connectivity index (χ3v) is 3.83. The Morgan fingerprint density at radius 2 is 2.08 bits per heavy atom. The highest BCUT2D eigenvalue weighted by atomic mass is 16.5. The quantitative estimate of drug-likeness (QED) is 0.773. The topological polar surface area (TPSA) is 71.5 Å². The van der Waals surface area contributed by atoms with E-state index in [1.54, 1.807) is 19.2 Å². The van der Waals surface area contributed by atoms with Gasteiger partial charge in [0.1, 0.15) is 12.4 Å². The average Bonchev–Trinajstić information content (AvgIpc) is 2.59. The first-order valence-electron chi connectivity index (χ1n) is 8.54. The van der Waals surface area contributed by atoms with Gasteiger partial charge in [0.15, 0.2) is 0 Å². The summed E-state index contributed by atoms with van der Waals surface area (Å²) < 4.78 is 5.70. The molecular weight excluding hydrogens is 316 g/mol. The number of rotatable bonds is 8. The number of aliphatic hydroxyl groups is 1. The van der Waals surface area contributed by atoms with Gasteiger partial charge in [0.2, 0.25) is 0 Å². The fourth-order valence-electron chi connectivity index (χ4n) is 2.54. The van der Waals surface area contributed by atoms with Crippen LogP contribution in [-0.4, -0.2) is 28.6 Å². The van der Waals surface area contributed by atoms with Crippen molar-refractivity contribution in [3.63, 3.8) is 0 Å². The zero-order valence-corrected chi connectivity index (χ0v) is 15.0. The molecule has 0 saturated heterocycles. The Balaban J connectivity index is 1.89. The lowest BCUT2D eigenvalue weighted by Gasteiger charge is -2.14. The molecule has 2 aromatic rings. The molecule has 25 heavy (non-hydrogen) atoms. The molecule has 2 unspecified atom stereocenters. The molecule has 0 saturated carbocycles. The summed E-state index contributed by atoms with van der Waals surface area (Å²) in [7, 11) is 0. The summed E-state index contributed by atoms with van der Waals surface area (Å²) in [6, 6.07) is 11.2. The fourth-order valence-corrected chi connectivity index (χ4v) is 2.54. The number of aryl methyl sites for hydroxylation is 1. The van der Waals surface area contributed by atoms with Crippen molar-refractivity contribution in [2.75, 3.05) is 6.54 Å². The summed E-state index contributed by atoms with van der Waals surface area (Å²) in [4.78, 5) is 16.5. The second kappa shape index (κ2) is 9.18. The number of carbonyl (C=O) groups is 1. The highest BCUT2D eigenvalue weighted by molar-refractivity contribution is 5.94. The van der Waals surface area contributed by atoms with E-state index in [4.69, 9.17) is 4.74 Å². The Morgan fingerprint density at radius 3 is 2.76 bits per heavy atom. The van der Waals surface area contributed by atoms with Gasteiger partial charge in [-0.15, -0.1) is 0 Å². The van der Waals surface area contributed by atoms with Gasteiger partial charge in [0, 0.05) is 17.8 Å². The standard InChI is InChI=1S/C20H26N2O3/c1-14(9-16(3)23)11-22-20(24)18-6-4-5-17(10-18)13-25-19-8-7-15(2)21-12-19/h4-8,10,12,14,16,23H,9,11,13H2,1-3H3,(H,22,24). The van der Waals surface area contributed by atoms with Crippen molar-refractivity contribution >= 4 is 5.91 Å². The average molecular weight is 342 g/mol. The van der Waals surface area contributed by atoms with Crippen molar-refractivity contribution in [3.8, 4) is 5.75 Å². The number of nitrogens with zero attached hydrogens (tertiary/aromatic N) is 1. The first kappa shape index (κ1) is 18.9. The van der Waals surface area contributed by atoms with Crippen LogP contribution in [0.25, 0.3) is 0 Å². The molecule has 2 rings (SSSR count). The SMILES string of the molecule is Cc1ccc(OCc2cccc(C(=O)NCC(C)CC(C)O)c2)cn1. The molecule has 2 N–H and O–H groups in total. The summed E-state index contributed by atoms with van der Waals surface area (Å²) in [5, 5.41) is 12.3. The molecule has 0 aliphatic carbocycles. The van der Waals surface area contributed by atoms with Crippen molar-refractivity contribution in [3.05, 3.63) is 59.4 Å². The van der Waals surface area contributed by atoms with Crippen molar-refractivity contribution in [2.45, 2.75) is 39.9 Å². The minimum Gasteiger partial charge on any atom is -0.487 e. The molecule has 0 aliphatic rings. The van der Waals surface area contributed by atoms with Gasteiger partial charge < -0.3 is 15.2 Å². The number of aliphatic hydroxyl groups excluding tert-OH is 1. The number of ether oxygens (including phenoxy) is 1. The number of carbonyl (C=O) groups excluding carboxylic acids is 1. The smallest absolute Gasteiger partial charge is 0.251 e. The predicted molar refractivity (Wildman–Crippen MR) is 97.5 cm³/mol. The van der Waals surface area contributed by atoms with Crippen molar-refractivity contribution in [1.29, 1.82) is 0 Å². The molecule has 1 aromatic heterocycles. The number of benzene rings is 1. The third-order valence-electron chi connectivity index (χ3n) is 3.83. The molecule has 0 fully saturated rings. The molecule has 0 bridgehead atoms. The molecule has 1 amide bonds. The molecule has 0 spiro atoms. The first-order chi connectivity index (χ1) is 11.9. The second-order valence-corrected chi connectivity index (χ2v) is 6.52. The van der Waals surface area contributed by atoms with Crippen molar-refractivity contribution in [1.82, 2.24) is 10.3 Å². The van der Waals surface area contributed by atoms with Crippen LogP contribution in [0, 0.1) is 12.8 Å². The normalized spacial score (nSPS) is 13.1. The number of hydrogen-bond donors (Lipinski definition) is 2. The number of pyridine rings is 1. The molecule has 0 aliphatic heterocycles. The van der Waals surface area contributed by atoms with E-state index in [2.05, 4.69) is 10.3 Å². The van der Waals surface area contributed by atoms with Crippen LogP contribution in [0.5, 0.6) is 5.75 Å². The minimum atomic E-state index is -0.358. The molecule has 5 nitrogen and oxygen atoms in total. The van der Waals surface area contributed by atoms with Crippen molar-refractivity contribution in [2.24, 2.45) is 5.92 Å². The molecule has 1 heterocycles. The lowest BCUT2D eigenvalue weighted by atomic mass is 10.0. The fraction of sp³-hybridized carbons (Fsp3) is 0.400. The van der Waals surface area contributed by atoms with E-state index < -0.39 is 0 Å². The summed E-state index contributed by atoms with van der Waals surface area (Å²) in [6.07, 6.45) is 2.00. The molecule has 2 atom stereocenters. The van der Waals surface area contributed by atoms with Crippen LogP contribution in [0.4, 0.5) is 0 Å². The number of hydrogen-bond acceptors (Lipinski definition) is 4. The van der Waals surface area contributed by atoms with Crippen LogP contribution in [-0.2, 0) is 6.61 Å². The van der Waals surface area contributed by atoms with Crippen LogP contribution in [0.15, 0.2) is 42.6 Å². The number of amides is 1. The van der Waals surface area contributed by atoms with Gasteiger partial charge >= 0.3 is 0 Å². The van der Waals surface area contributed by atoms with Crippen LogP contribution in [0.3, 0.4) is 0 Å². The van der Waals surface area contributed by atoms with E-state index in [1.807, 2.05) is 44.2 Å². The Kier molecular flexibility index (Phi) is 6.95. The van der Waals surface area contributed by atoms with Crippen molar-refractivity contribution < 1.29 is 14.6 Å². The third kappa shape index (κ3) is 6.55. The minimum absolute atomic E-state index is 0.115. The lowest BCUT2D eigenvalue weighted by Crippen LogP contribution is -2.29. The number of nitrogens with one attached hydrogen (secondary N) is 1. The Hall–Kier alpha value is -2.40. The van der Waals surface area contributed by atoms with Gasteiger partial charge in [-0.2, -0.15) is 0 Å². The molecule has 5 heteroatoms. The Labute approximate surface area is 149 Å². The van der Waals surface area contributed by atoms with Gasteiger partial charge in [-0.3, -0.25) is 9.78 Å².